The molecule has 6 rings (SSSR count). The molecule has 0 N–H and O–H groups in total. The first kappa shape index (κ1) is 22.2. The van der Waals surface area contributed by atoms with Crippen molar-refractivity contribution in [1.82, 2.24) is 9.38 Å². The monoisotopic (exact) mass is 541 g/mol. The van der Waals surface area contributed by atoms with Crippen LogP contribution in [-0.4, -0.2) is 9.38 Å². The number of benzene rings is 3. The number of nitriles is 1. The molecule has 3 heterocycles. The van der Waals surface area contributed by atoms with Crippen LogP contribution in [0.15, 0.2) is 82.3 Å². The van der Waals surface area contributed by atoms with Gasteiger partial charge in [-0.25, -0.2) is 4.98 Å². The maximum atomic E-state index is 9.78. The Labute approximate surface area is 215 Å². The van der Waals surface area contributed by atoms with E-state index >= 15 is 0 Å². The molecular formula is C28H20BrN3O2S. The fourth-order valence-electron chi connectivity index (χ4n) is 4.47. The van der Waals surface area contributed by atoms with E-state index in [9.17, 15) is 5.26 Å². The third-order valence-electron chi connectivity index (χ3n) is 6.12. The molecule has 172 valence electrons. The van der Waals surface area contributed by atoms with Gasteiger partial charge in [0.05, 0.1) is 28.2 Å². The van der Waals surface area contributed by atoms with Gasteiger partial charge in [0.15, 0.2) is 5.65 Å². The van der Waals surface area contributed by atoms with E-state index in [1.165, 1.54) is 0 Å². The number of imidazole rings is 1. The lowest BCUT2D eigenvalue weighted by Gasteiger charge is -2.28. The second-order valence-corrected chi connectivity index (χ2v) is 10.3. The van der Waals surface area contributed by atoms with Gasteiger partial charge in [0.25, 0.3) is 0 Å². The first-order chi connectivity index (χ1) is 17.1. The number of ether oxygens (including phenoxy) is 2. The average molecular weight is 542 g/mol. The van der Waals surface area contributed by atoms with E-state index in [2.05, 4.69) is 44.6 Å². The van der Waals surface area contributed by atoms with Crippen molar-refractivity contribution in [1.29, 1.82) is 5.26 Å². The summed E-state index contributed by atoms with van der Waals surface area (Å²) in [7, 11) is 0. The molecule has 0 amide bonds. The molecule has 1 atom stereocenters. The first-order valence-corrected chi connectivity index (χ1v) is 13.0. The number of hydrogen-bond acceptors (Lipinski definition) is 5. The van der Waals surface area contributed by atoms with Gasteiger partial charge in [0, 0.05) is 26.9 Å². The molecule has 1 aliphatic rings. The Hall–Kier alpha value is -3.31. The second kappa shape index (κ2) is 9.04. The predicted octanol–water partition coefficient (Wildman–Crippen LogP) is 7.33. The van der Waals surface area contributed by atoms with E-state index < -0.39 is 6.29 Å². The molecule has 35 heavy (non-hydrogen) atoms. The summed E-state index contributed by atoms with van der Waals surface area (Å²) in [6.45, 7) is 2.45. The summed E-state index contributed by atoms with van der Waals surface area (Å²) in [6.07, 6.45) is -0.435. The van der Waals surface area contributed by atoms with Crippen LogP contribution in [0.5, 0.6) is 5.75 Å². The third kappa shape index (κ3) is 3.98. The van der Waals surface area contributed by atoms with Crippen molar-refractivity contribution in [2.24, 2.45) is 0 Å². The van der Waals surface area contributed by atoms with E-state index in [0.29, 0.717) is 23.6 Å². The number of pyridine rings is 1. The topological polar surface area (TPSA) is 59.6 Å². The van der Waals surface area contributed by atoms with Crippen molar-refractivity contribution in [2.45, 2.75) is 30.6 Å². The fraction of sp³-hybridized carbons (Fsp3) is 0.143. The van der Waals surface area contributed by atoms with Crippen molar-refractivity contribution < 1.29 is 9.47 Å². The van der Waals surface area contributed by atoms with Crippen LogP contribution in [0, 0.1) is 18.3 Å². The van der Waals surface area contributed by atoms with E-state index in [-0.39, 0.29) is 0 Å². The van der Waals surface area contributed by atoms with Gasteiger partial charge < -0.3 is 9.47 Å². The molecule has 5 nitrogen and oxygen atoms in total. The smallest absolute Gasteiger partial charge is 0.227 e. The van der Waals surface area contributed by atoms with Crippen molar-refractivity contribution in [3.8, 4) is 11.8 Å². The van der Waals surface area contributed by atoms with Gasteiger partial charge >= 0.3 is 0 Å². The summed E-state index contributed by atoms with van der Waals surface area (Å²) >= 11 is 5.36. The van der Waals surface area contributed by atoms with Crippen molar-refractivity contribution >= 4 is 44.4 Å². The van der Waals surface area contributed by atoms with E-state index in [0.717, 1.165) is 48.5 Å². The van der Waals surface area contributed by atoms with Crippen molar-refractivity contribution in [3.05, 3.63) is 105 Å². The van der Waals surface area contributed by atoms with Crippen LogP contribution in [0.1, 0.15) is 34.1 Å². The highest BCUT2D eigenvalue weighted by molar-refractivity contribution is 9.10. The number of fused-ring (bicyclic) bond motifs is 4. The largest absolute Gasteiger partial charge is 0.460 e. The third-order valence-corrected chi connectivity index (χ3v) is 7.63. The van der Waals surface area contributed by atoms with Gasteiger partial charge in [-0.15, -0.1) is 11.8 Å². The molecule has 0 radical (unpaired) electrons. The molecule has 0 bridgehead atoms. The number of thioether (sulfide) groups is 1. The van der Waals surface area contributed by atoms with Gasteiger partial charge in [0.1, 0.15) is 11.8 Å². The molecular weight excluding hydrogens is 522 g/mol. The highest BCUT2D eigenvalue weighted by Gasteiger charge is 2.25. The maximum absolute atomic E-state index is 9.78. The fourth-order valence-corrected chi connectivity index (χ4v) is 6.11. The van der Waals surface area contributed by atoms with Crippen LogP contribution in [-0.2, 0) is 17.1 Å². The van der Waals surface area contributed by atoms with Crippen LogP contribution in [0.25, 0.3) is 16.7 Å². The first-order valence-electron chi connectivity index (χ1n) is 11.2. The van der Waals surface area contributed by atoms with E-state index in [1.807, 2.05) is 61.5 Å². The number of rotatable bonds is 4. The summed E-state index contributed by atoms with van der Waals surface area (Å²) in [4.78, 5) is 4.77. The zero-order valence-electron chi connectivity index (χ0n) is 18.9. The number of aromatic nitrogens is 2. The zero-order valence-corrected chi connectivity index (χ0v) is 21.3. The van der Waals surface area contributed by atoms with Crippen LogP contribution in [0.3, 0.4) is 0 Å². The molecule has 0 unspecified atom stereocenters. The highest BCUT2D eigenvalue weighted by atomic mass is 79.9. The minimum Gasteiger partial charge on any atom is -0.460 e. The van der Waals surface area contributed by atoms with Crippen molar-refractivity contribution in [3.63, 3.8) is 0 Å². The Bertz CT molecular complexity index is 1630. The number of hydrogen-bond donors (Lipinski definition) is 0. The molecule has 1 aliphatic heterocycles. The summed E-state index contributed by atoms with van der Waals surface area (Å²) in [5, 5.41) is 10.8. The SMILES string of the molecule is Cc1cc(SCc2cc(Br)cc3c2O[C@@H](c2ccccc2)OC3)n2c(nc3ccccc32)c1C#N. The lowest BCUT2D eigenvalue weighted by atomic mass is 10.1. The van der Waals surface area contributed by atoms with Gasteiger partial charge in [-0.3, -0.25) is 4.40 Å². The molecule has 0 spiro atoms. The van der Waals surface area contributed by atoms with Crippen LogP contribution in [0.4, 0.5) is 0 Å². The number of para-hydroxylation sites is 2. The summed E-state index contributed by atoms with van der Waals surface area (Å²) < 4.78 is 15.5. The number of nitrogens with zero attached hydrogens (tertiary/aromatic N) is 3. The Morgan fingerprint density at radius 1 is 1.11 bits per heavy atom. The predicted molar refractivity (Wildman–Crippen MR) is 140 cm³/mol. The average Bonchev–Trinajstić information content (AvgIpc) is 3.27. The van der Waals surface area contributed by atoms with E-state index in [1.54, 1.807) is 11.8 Å². The standard InChI is InChI=1S/C28H20BrN3O2S/c1-17-11-25(32-24-10-6-5-9-23(24)31-27(32)22(17)14-30)35-16-20-13-21(29)12-19-15-33-28(34-26(19)20)18-7-3-2-4-8-18/h2-13,28H,15-16H2,1H3/t28-/m0/s1. The Morgan fingerprint density at radius 3 is 2.74 bits per heavy atom. The van der Waals surface area contributed by atoms with Gasteiger partial charge in [-0.2, -0.15) is 5.26 Å². The molecule has 5 aromatic rings. The van der Waals surface area contributed by atoms with Crippen LogP contribution < -0.4 is 4.74 Å². The molecule has 2 aromatic heterocycles. The van der Waals surface area contributed by atoms with Gasteiger partial charge in [-0.05, 0) is 42.8 Å². The summed E-state index contributed by atoms with van der Waals surface area (Å²) in [5.41, 5.74) is 7.20. The minimum absolute atomic E-state index is 0.435. The van der Waals surface area contributed by atoms with Gasteiger partial charge in [-0.1, -0.05) is 58.4 Å². The minimum atomic E-state index is -0.435. The Balaban J connectivity index is 1.39. The normalized spacial score (nSPS) is 15.1. The quantitative estimate of drug-likeness (QED) is 0.223. The van der Waals surface area contributed by atoms with Crippen molar-refractivity contribution in [2.75, 3.05) is 0 Å². The van der Waals surface area contributed by atoms with E-state index in [4.69, 9.17) is 14.5 Å². The number of aryl methyl sites for hydroxylation is 1. The Kier molecular flexibility index (Phi) is 5.73. The van der Waals surface area contributed by atoms with Crippen LogP contribution >= 0.6 is 27.7 Å². The summed E-state index contributed by atoms with van der Waals surface area (Å²) in [6, 6.07) is 26.6. The molecule has 0 aliphatic carbocycles. The lowest BCUT2D eigenvalue weighted by molar-refractivity contribution is -0.111. The van der Waals surface area contributed by atoms with Gasteiger partial charge in [0.2, 0.25) is 6.29 Å². The molecule has 0 saturated carbocycles. The molecule has 0 fully saturated rings. The number of halogens is 1. The lowest BCUT2D eigenvalue weighted by Crippen LogP contribution is -2.19. The van der Waals surface area contributed by atoms with Crippen LogP contribution in [0.2, 0.25) is 0 Å². The summed E-state index contributed by atoms with van der Waals surface area (Å²) in [5.74, 6) is 1.56. The maximum Gasteiger partial charge on any atom is 0.227 e. The Morgan fingerprint density at radius 2 is 1.91 bits per heavy atom. The highest BCUT2D eigenvalue weighted by Crippen LogP contribution is 2.40. The molecule has 3 aromatic carbocycles. The second-order valence-electron chi connectivity index (χ2n) is 8.43. The molecule has 0 saturated heterocycles. The zero-order chi connectivity index (χ0) is 23.9. The molecule has 7 heteroatoms.